The maximum absolute atomic E-state index is 10.3. The molecule has 3 rings (SSSR count). The van der Waals surface area contributed by atoms with Crippen molar-refractivity contribution in [1.29, 1.82) is 0 Å². The smallest absolute Gasteiger partial charge is 0.119 e. The number of hydrogen-bond acceptors (Lipinski definition) is 4. The summed E-state index contributed by atoms with van der Waals surface area (Å²) in [6.07, 6.45) is 5.78. The standard InChI is InChI=1S/C18H25N3O2/c1-14-5-7-17(8-6-14)23-13-16(22)12-21-9-3-4-18(21)15-10-19-20(2)11-15/h5-8,10-11,16,18,22H,3-4,9,12-13H2,1-2H3. The maximum Gasteiger partial charge on any atom is 0.119 e. The fourth-order valence-electron chi connectivity index (χ4n) is 3.18. The predicted octanol–water partition coefficient (Wildman–Crippen LogP) is 2.31. The summed E-state index contributed by atoms with van der Waals surface area (Å²) in [7, 11) is 1.94. The quantitative estimate of drug-likeness (QED) is 0.889. The minimum absolute atomic E-state index is 0.319. The number of nitrogens with zero attached hydrogens (tertiary/aromatic N) is 3. The van der Waals surface area contributed by atoms with E-state index in [2.05, 4.69) is 16.2 Å². The van der Waals surface area contributed by atoms with Gasteiger partial charge in [-0.15, -0.1) is 0 Å². The molecule has 0 bridgehead atoms. The van der Waals surface area contributed by atoms with Gasteiger partial charge in [-0.25, -0.2) is 0 Å². The highest BCUT2D eigenvalue weighted by Gasteiger charge is 2.28. The van der Waals surface area contributed by atoms with E-state index in [1.807, 2.05) is 49.1 Å². The van der Waals surface area contributed by atoms with Crippen LogP contribution in [0.1, 0.15) is 30.0 Å². The zero-order valence-corrected chi connectivity index (χ0v) is 13.9. The first-order valence-electron chi connectivity index (χ1n) is 8.22. The number of hydrogen-bond donors (Lipinski definition) is 1. The van der Waals surface area contributed by atoms with E-state index in [1.165, 1.54) is 11.1 Å². The van der Waals surface area contributed by atoms with Crippen LogP contribution >= 0.6 is 0 Å². The van der Waals surface area contributed by atoms with Gasteiger partial charge in [0.25, 0.3) is 0 Å². The predicted molar refractivity (Wildman–Crippen MR) is 89.4 cm³/mol. The molecule has 2 atom stereocenters. The van der Waals surface area contributed by atoms with Crippen LogP contribution in [0.25, 0.3) is 0 Å². The third kappa shape index (κ3) is 4.12. The Bertz CT molecular complexity index is 623. The molecule has 23 heavy (non-hydrogen) atoms. The molecule has 0 amide bonds. The molecule has 1 fully saturated rings. The number of rotatable bonds is 6. The number of aryl methyl sites for hydroxylation is 2. The Balaban J connectivity index is 1.52. The topological polar surface area (TPSA) is 50.5 Å². The molecular formula is C18H25N3O2. The van der Waals surface area contributed by atoms with E-state index < -0.39 is 6.10 Å². The van der Waals surface area contributed by atoms with Crippen molar-refractivity contribution >= 4 is 0 Å². The zero-order valence-electron chi connectivity index (χ0n) is 13.9. The van der Waals surface area contributed by atoms with Crippen LogP contribution in [0, 0.1) is 6.92 Å². The second kappa shape index (κ2) is 7.15. The van der Waals surface area contributed by atoms with Crippen molar-refractivity contribution in [3.8, 4) is 5.75 Å². The van der Waals surface area contributed by atoms with Crippen LogP contribution in [-0.4, -0.2) is 45.6 Å². The van der Waals surface area contributed by atoms with E-state index >= 15 is 0 Å². The Kier molecular flexibility index (Phi) is 4.98. The number of aliphatic hydroxyl groups excluding tert-OH is 1. The summed E-state index contributed by atoms with van der Waals surface area (Å²) in [4.78, 5) is 2.33. The number of β-amino-alcohol motifs (C(OH)–C–C–N with tert-alkyl or cyclic N) is 1. The van der Waals surface area contributed by atoms with E-state index in [0.717, 1.165) is 25.1 Å². The Hall–Kier alpha value is -1.85. The van der Waals surface area contributed by atoms with Crippen LogP contribution in [0.5, 0.6) is 5.75 Å². The number of ether oxygens (including phenoxy) is 1. The van der Waals surface area contributed by atoms with E-state index in [1.54, 1.807) is 0 Å². The van der Waals surface area contributed by atoms with Crippen LogP contribution in [-0.2, 0) is 7.05 Å². The molecule has 1 aromatic carbocycles. The summed E-state index contributed by atoms with van der Waals surface area (Å²) in [6, 6.07) is 8.27. The van der Waals surface area contributed by atoms with Gasteiger partial charge in [-0.05, 0) is 38.4 Å². The van der Waals surface area contributed by atoms with Gasteiger partial charge >= 0.3 is 0 Å². The van der Waals surface area contributed by atoms with Gasteiger partial charge in [0.05, 0.1) is 6.20 Å². The molecule has 1 aromatic heterocycles. The highest BCUT2D eigenvalue weighted by molar-refractivity contribution is 5.26. The van der Waals surface area contributed by atoms with Crippen molar-refractivity contribution in [3.05, 3.63) is 47.8 Å². The first-order chi connectivity index (χ1) is 11.1. The lowest BCUT2D eigenvalue weighted by atomic mass is 10.1. The lowest BCUT2D eigenvalue weighted by Gasteiger charge is -2.26. The van der Waals surface area contributed by atoms with Gasteiger partial charge in [-0.2, -0.15) is 5.10 Å². The summed E-state index contributed by atoms with van der Waals surface area (Å²) >= 11 is 0. The SMILES string of the molecule is Cc1ccc(OCC(O)CN2CCCC2c2cnn(C)c2)cc1. The summed E-state index contributed by atoms with van der Waals surface area (Å²) in [5.41, 5.74) is 2.44. The number of benzene rings is 1. The third-order valence-electron chi connectivity index (χ3n) is 4.38. The van der Waals surface area contributed by atoms with Crippen LogP contribution in [0.3, 0.4) is 0 Å². The van der Waals surface area contributed by atoms with E-state index in [-0.39, 0.29) is 0 Å². The fraction of sp³-hybridized carbons (Fsp3) is 0.500. The monoisotopic (exact) mass is 315 g/mol. The molecule has 1 N–H and O–H groups in total. The molecule has 1 saturated heterocycles. The van der Waals surface area contributed by atoms with Gasteiger partial charge < -0.3 is 9.84 Å². The van der Waals surface area contributed by atoms with Crippen LogP contribution in [0.15, 0.2) is 36.7 Å². The summed E-state index contributed by atoms with van der Waals surface area (Å²) in [6.45, 7) is 4.01. The van der Waals surface area contributed by atoms with Crippen molar-refractivity contribution in [3.63, 3.8) is 0 Å². The average Bonchev–Trinajstić information content (AvgIpc) is 3.15. The summed E-state index contributed by atoms with van der Waals surface area (Å²) in [5, 5.41) is 14.6. The molecule has 124 valence electrons. The summed E-state index contributed by atoms with van der Waals surface area (Å²) < 4.78 is 7.52. The van der Waals surface area contributed by atoms with Crippen molar-refractivity contribution in [2.24, 2.45) is 7.05 Å². The van der Waals surface area contributed by atoms with Gasteiger partial charge in [-0.3, -0.25) is 9.58 Å². The second-order valence-electron chi connectivity index (χ2n) is 6.38. The van der Waals surface area contributed by atoms with Crippen molar-refractivity contribution in [2.75, 3.05) is 19.7 Å². The Morgan fingerprint density at radius 1 is 1.35 bits per heavy atom. The average molecular weight is 315 g/mol. The van der Waals surface area contributed by atoms with E-state index in [0.29, 0.717) is 19.2 Å². The minimum Gasteiger partial charge on any atom is -0.491 e. The van der Waals surface area contributed by atoms with Gasteiger partial charge in [0.2, 0.25) is 0 Å². The molecule has 5 heteroatoms. The van der Waals surface area contributed by atoms with Gasteiger partial charge in [-0.1, -0.05) is 17.7 Å². The molecule has 2 unspecified atom stereocenters. The van der Waals surface area contributed by atoms with Gasteiger partial charge in [0.1, 0.15) is 18.5 Å². The first kappa shape index (κ1) is 16.0. The highest BCUT2D eigenvalue weighted by Crippen LogP contribution is 2.31. The fourth-order valence-corrected chi connectivity index (χ4v) is 3.18. The van der Waals surface area contributed by atoms with E-state index in [9.17, 15) is 5.11 Å². The normalized spacial score (nSPS) is 19.9. The lowest BCUT2D eigenvalue weighted by Crippen LogP contribution is -2.35. The molecule has 2 heterocycles. The number of aromatic nitrogens is 2. The molecule has 1 aliphatic rings. The Morgan fingerprint density at radius 3 is 2.83 bits per heavy atom. The molecule has 5 nitrogen and oxygen atoms in total. The second-order valence-corrected chi connectivity index (χ2v) is 6.38. The highest BCUT2D eigenvalue weighted by atomic mass is 16.5. The molecule has 0 radical (unpaired) electrons. The maximum atomic E-state index is 10.3. The minimum atomic E-state index is -0.492. The van der Waals surface area contributed by atoms with Crippen molar-refractivity contribution in [1.82, 2.24) is 14.7 Å². The largest absolute Gasteiger partial charge is 0.491 e. The third-order valence-corrected chi connectivity index (χ3v) is 4.38. The van der Waals surface area contributed by atoms with E-state index in [4.69, 9.17) is 4.74 Å². The molecule has 2 aromatic rings. The van der Waals surface area contributed by atoms with Gasteiger partial charge in [0.15, 0.2) is 0 Å². The van der Waals surface area contributed by atoms with Crippen LogP contribution in [0.2, 0.25) is 0 Å². The lowest BCUT2D eigenvalue weighted by molar-refractivity contribution is 0.0638. The van der Waals surface area contributed by atoms with Crippen molar-refractivity contribution in [2.45, 2.75) is 31.9 Å². The van der Waals surface area contributed by atoms with Gasteiger partial charge in [0, 0.05) is 31.4 Å². The van der Waals surface area contributed by atoms with Crippen LogP contribution < -0.4 is 4.74 Å². The Labute approximate surface area is 137 Å². The Morgan fingerprint density at radius 2 is 2.13 bits per heavy atom. The molecule has 1 aliphatic heterocycles. The first-order valence-corrected chi connectivity index (χ1v) is 8.22. The molecule has 0 saturated carbocycles. The van der Waals surface area contributed by atoms with Crippen LogP contribution in [0.4, 0.5) is 0 Å². The molecule has 0 aliphatic carbocycles. The molecular weight excluding hydrogens is 290 g/mol. The number of likely N-dealkylation sites (tertiary alicyclic amines) is 1. The number of aliphatic hydroxyl groups is 1. The zero-order chi connectivity index (χ0) is 16.2. The van der Waals surface area contributed by atoms with Crippen molar-refractivity contribution < 1.29 is 9.84 Å². The molecule has 0 spiro atoms. The summed E-state index contributed by atoms with van der Waals surface area (Å²) in [5.74, 6) is 0.805.